The lowest BCUT2D eigenvalue weighted by molar-refractivity contribution is -0.384. The van der Waals surface area contributed by atoms with E-state index in [2.05, 4.69) is 16.3 Å². The van der Waals surface area contributed by atoms with Crippen molar-refractivity contribution in [2.75, 3.05) is 25.5 Å². The zero-order chi connectivity index (χ0) is 15.1. The average molecular weight is 276 g/mol. The van der Waals surface area contributed by atoms with E-state index in [1.54, 1.807) is 19.2 Å². The monoisotopic (exact) mass is 276 g/mol. The summed E-state index contributed by atoms with van der Waals surface area (Å²) in [5.74, 6) is -0.0542. The van der Waals surface area contributed by atoms with E-state index in [0.29, 0.717) is 18.8 Å². The molecule has 0 bridgehead atoms. The first-order valence-electron chi connectivity index (χ1n) is 6.58. The summed E-state index contributed by atoms with van der Waals surface area (Å²) in [5, 5.41) is 22.7. The first kappa shape index (κ1) is 15.9. The summed E-state index contributed by atoms with van der Waals surface area (Å²) in [6, 6.07) is 7.38. The largest absolute Gasteiger partial charge is 0.383 e. The maximum Gasteiger partial charge on any atom is 0.292 e. The number of hydrogen-bond donors (Lipinski definition) is 1. The van der Waals surface area contributed by atoms with Gasteiger partial charge in [-0.05, 0) is 25.1 Å². The molecule has 0 saturated carbocycles. The van der Waals surface area contributed by atoms with Gasteiger partial charge in [0, 0.05) is 26.2 Å². The average Bonchev–Trinajstić information content (AvgIpc) is 2.45. The maximum absolute atomic E-state index is 11.0. The van der Waals surface area contributed by atoms with Crippen molar-refractivity contribution in [1.82, 2.24) is 4.90 Å². The van der Waals surface area contributed by atoms with Crippen LogP contribution < -0.4 is 5.32 Å². The van der Waals surface area contributed by atoms with Crippen LogP contribution in [0.4, 0.5) is 11.4 Å². The second-order valence-electron chi connectivity index (χ2n) is 4.72. The van der Waals surface area contributed by atoms with Crippen LogP contribution >= 0.6 is 0 Å². The molecule has 1 aromatic carbocycles. The fraction of sp³-hybridized carbons (Fsp3) is 0.500. The molecule has 1 unspecified atom stereocenters. The molecule has 1 atom stereocenters. The van der Waals surface area contributed by atoms with E-state index >= 15 is 0 Å². The summed E-state index contributed by atoms with van der Waals surface area (Å²) in [7, 11) is 1.66. The maximum atomic E-state index is 11.0. The third kappa shape index (κ3) is 4.21. The van der Waals surface area contributed by atoms with Crippen molar-refractivity contribution < 1.29 is 4.92 Å². The molecule has 0 spiro atoms. The van der Waals surface area contributed by atoms with Crippen molar-refractivity contribution in [3.8, 4) is 6.07 Å². The summed E-state index contributed by atoms with van der Waals surface area (Å²) in [6.07, 6.45) is 0. The van der Waals surface area contributed by atoms with Crippen LogP contribution in [0.15, 0.2) is 18.2 Å². The van der Waals surface area contributed by atoms with Crippen molar-refractivity contribution in [3.05, 3.63) is 33.9 Å². The smallest absolute Gasteiger partial charge is 0.292 e. The highest BCUT2D eigenvalue weighted by atomic mass is 16.6. The fourth-order valence-electron chi connectivity index (χ4n) is 2.03. The van der Waals surface area contributed by atoms with Crippen LogP contribution in [0, 0.1) is 27.4 Å². The Hall–Kier alpha value is -2.13. The van der Waals surface area contributed by atoms with E-state index in [-0.39, 0.29) is 16.5 Å². The van der Waals surface area contributed by atoms with Gasteiger partial charge in [-0.25, -0.2) is 0 Å². The molecule has 6 nitrogen and oxygen atoms in total. The van der Waals surface area contributed by atoms with Crippen LogP contribution in [0.1, 0.15) is 19.4 Å². The zero-order valence-electron chi connectivity index (χ0n) is 12.1. The molecule has 1 rings (SSSR count). The second kappa shape index (κ2) is 7.46. The molecule has 0 amide bonds. The van der Waals surface area contributed by atoms with Gasteiger partial charge in [-0.2, -0.15) is 5.26 Å². The number of benzene rings is 1. The summed E-state index contributed by atoms with van der Waals surface area (Å²) in [6.45, 7) is 5.95. The van der Waals surface area contributed by atoms with Crippen LogP contribution in [0.3, 0.4) is 0 Å². The molecule has 6 heteroatoms. The van der Waals surface area contributed by atoms with Gasteiger partial charge in [0.25, 0.3) is 5.69 Å². The molecule has 0 aliphatic carbocycles. The van der Waals surface area contributed by atoms with E-state index in [9.17, 15) is 10.1 Å². The van der Waals surface area contributed by atoms with Gasteiger partial charge < -0.3 is 5.32 Å². The van der Waals surface area contributed by atoms with Gasteiger partial charge in [-0.3, -0.25) is 15.0 Å². The highest BCUT2D eigenvalue weighted by Crippen LogP contribution is 2.25. The molecule has 1 aromatic rings. The Balaban J connectivity index is 2.89. The van der Waals surface area contributed by atoms with E-state index < -0.39 is 0 Å². The Morgan fingerprint density at radius 1 is 1.55 bits per heavy atom. The van der Waals surface area contributed by atoms with Gasteiger partial charge in [-0.15, -0.1) is 0 Å². The molecular formula is C14H20N4O2. The second-order valence-corrected chi connectivity index (χ2v) is 4.72. The SMILES string of the molecule is CCN(Cc1ccc(NC)c([N+](=O)[O-])c1)CC(C)C#N. The van der Waals surface area contributed by atoms with Gasteiger partial charge in [0.15, 0.2) is 0 Å². The quantitative estimate of drug-likeness (QED) is 0.611. The van der Waals surface area contributed by atoms with Crippen LogP contribution in [0.2, 0.25) is 0 Å². The number of hydrogen-bond acceptors (Lipinski definition) is 5. The standard InChI is InChI=1S/C14H20N4O2/c1-4-17(9-11(2)8-15)10-12-5-6-13(16-3)14(7-12)18(19)20/h5-7,11,16H,4,9-10H2,1-3H3. The number of nitriles is 1. The molecule has 1 N–H and O–H groups in total. The Morgan fingerprint density at radius 2 is 2.25 bits per heavy atom. The number of nitro benzene ring substituents is 1. The molecule has 0 saturated heterocycles. The van der Waals surface area contributed by atoms with E-state index in [4.69, 9.17) is 5.26 Å². The first-order chi connectivity index (χ1) is 9.51. The molecule has 0 aliphatic rings. The Bertz CT molecular complexity index is 510. The third-order valence-electron chi connectivity index (χ3n) is 3.13. The van der Waals surface area contributed by atoms with E-state index in [1.807, 2.05) is 19.9 Å². The number of anilines is 1. The summed E-state index contributed by atoms with van der Waals surface area (Å²) in [4.78, 5) is 12.7. The molecule has 0 aliphatic heterocycles. The van der Waals surface area contributed by atoms with Crippen molar-refractivity contribution in [1.29, 1.82) is 5.26 Å². The topological polar surface area (TPSA) is 82.2 Å². The number of nitrogens with zero attached hydrogens (tertiary/aromatic N) is 3. The molecule has 20 heavy (non-hydrogen) atoms. The van der Waals surface area contributed by atoms with Crippen molar-refractivity contribution in [3.63, 3.8) is 0 Å². The fourth-order valence-corrected chi connectivity index (χ4v) is 2.03. The lowest BCUT2D eigenvalue weighted by Crippen LogP contribution is -2.27. The predicted octanol–water partition coefficient (Wildman–Crippen LogP) is 2.62. The molecule has 0 fully saturated rings. The predicted molar refractivity (Wildman–Crippen MR) is 78.4 cm³/mol. The Labute approximate surface area is 119 Å². The van der Waals surface area contributed by atoms with Crippen LogP contribution in [-0.4, -0.2) is 30.0 Å². The molecule has 0 aromatic heterocycles. The van der Waals surface area contributed by atoms with Gasteiger partial charge >= 0.3 is 0 Å². The number of nitrogens with one attached hydrogen (secondary N) is 1. The van der Waals surface area contributed by atoms with Crippen molar-refractivity contribution in [2.24, 2.45) is 5.92 Å². The highest BCUT2D eigenvalue weighted by Gasteiger charge is 2.15. The van der Waals surface area contributed by atoms with Gasteiger partial charge in [0.1, 0.15) is 5.69 Å². The first-order valence-corrected chi connectivity index (χ1v) is 6.58. The summed E-state index contributed by atoms with van der Waals surface area (Å²) in [5.41, 5.74) is 1.46. The van der Waals surface area contributed by atoms with Crippen LogP contribution in [0.25, 0.3) is 0 Å². The number of nitro groups is 1. The van der Waals surface area contributed by atoms with Crippen LogP contribution in [-0.2, 0) is 6.54 Å². The molecular weight excluding hydrogens is 256 g/mol. The normalized spacial score (nSPS) is 11.9. The Morgan fingerprint density at radius 3 is 2.75 bits per heavy atom. The van der Waals surface area contributed by atoms with Gasteiger partial charge in [-0.1, -0.05) is 13.0 Å². The van der Waals surface area contributed by atoms with Crippen molar-refractivity contribution >= 4 is 11.4 Å². The summed E-state index contributed by atoms with van der Waals surface area (Å²) >= 11 is 0. The minimum atomic E-state index is -0.385. The van der Waals surface area contributed by atoms with E-state index in [0.717, 1.165) is 12.1 Å². The summed E-state index contributed by atoms with van der Waals surface area (Å²) < 4.78 is 0. The molecule has 0 heterocycles. The van der Waals surface area contributed by atoms with E-state index in [1.165, 1.54) is 0 Å². The zero-order valence-corrected chi connectivity index (χ0v) is 12.1. The third-order valence-corrected chi connectivity index (χ3v) is 3.13. The lowest BCUT2D eigenvalue weighted by Gasteiger charge is -2.21. The minimum absolute atomic E-state index is 0.0542. The Kier molecular flexibility index (Phi) is 5.94. The van der Waals surface area contributed by atoms with Gasteiger partial charge in [0.05, 0.1) is 16.9 Å². The van der Waals surface area contributed by atoms with Crippen molar-refractivity contribution in [2.45, 2.75) is 20.4 Å². The minimum Gasteiger partial charge on any atom is -0.383 e. The lowest BCUT2D eigenvalue weighted by atomic mass is 10.1. The van der Waals surface area contributed by atoms with Crippen LogP contribution in [0.5, 0.6) is 0 Å². The highest BCUT2D eigenvalue weighted by molar-refractivity contribution is 5.62. The van der Waals surface area contributed by atoms with Gasteiger partial charge in [0.2, 0.25) is 0 Å². The number of rotatable bonds is 7. The molecule has 108 valence electrons. The molecule has 0 radical (unpaired) electrons.